The first kappa shape index (κ1) is 6.77. The minimum Gasteiger partial charge on any atom is -0.359 e. The van der Waals surface area contributed by atoms with Gasteiger partial charge in [0.2, 0.25) is 0 Å². The van der Waals surface area contributed by atoms with Crippen molar-refractivity contribution in [2.24, 2.45) is 0 Å². The lowest BCUT2D eigenvalue weighted by atomic mass is 10.7. The molecule has 1 fully saturated rings. The van der Waals surface area contributed by atoms with Gasteiger partial charge in [-0.05, 0) is 25.1 Å². The fraction of sp³-hybridized carbons (Fsp3) is 0.800. The molecule has 0 aliphatic heterocycles. The molecule has 0 amide bonds. The van der Waals surface area contributed by atoms with E-state index < -0.39 is 0 Å². The van der Waals surface area contributed by atoms with Gasteiger partial charge in [-0.2, -0.15) is 0 Å². The molecule has 0 aromatic heterocycles. The highest BCUT2D eigenvalue weighted by Gasteiger charge is 2.21. The van der Waals surface area contributed by atoms with Gasteiger partial charge in [-0.1, -0.05) is 0 Å². The number of thiocarbonyl (C=S) groups is 1. The number of hydrazine groups is 1. The largest absolute Gasteiger partial charge is 0.359 e. The van der Waals surface area contributed by atoms with Crippen LogP contribution in [0.3, 0.4) is 0 Å². The third kappa shape index (κ3) is 2.62. The van der Waals surface area contributed by atoms with Crippen LogP contribution in [0.2, 0.25) is 0 Å². The Kier molecular flexibility index (Phi) is 2.24. The molecule has 1 saturated carbocycles. The third-order valence-corrected chi connectivity index (χ3v) is 1.37. The lowest BCUT2D eigenvalue weighted by Gasteiger charge is -2.06. The topological polar surface area (TPSA) is 36.1 Å². The summed E-state index contributed by atoms with van der Waals surface area (Å²) < 4.78 is 0. The van der Waals surface area contributed by atoms with E-state index in [0.29, 0.717) is 11.2 Å². The zero-order valence-corrected chi connectivity index (χ0v) is 6.22. The van der Waals surface area contributed by atoms with E-state index in [2.05, 4.69) is 16.2 Å². The average molecular weight is 145 g/mol. The van der Waals surface area contributed by atoms with E-state index in [4.69, 9.17) is 12.2 Å². The van der Waals surface area contributed by atoms with Crippen molar-refractivity contribution in [2.45, 2.75) is 18.9 Å². The zero-order valence-electron chi connectivity index (χ0n) is 5.40. The van der Waals surface area contributed by atoms with Gasteiger partial charge >= 0.3 is 0 Å². The third-order valence-electron chi connectivity index (χ3n) is 1.15. The molecule has 3 N–H and O–H groups in total. The number of hydrogen-bond acceptors (Lipinski definition) is 2. The maximum atomic E-state index is 4.88. The maximum absolute atomic E-state index is 4.88. The Hall–Kier alpha value is -0.350. The van der Waals surface area contributed by atoms with Gasteiger partial charge in [0.05, 0.1) is 0 Å². The Balaban J connectivity index is 2.02. The molecule has 9 heavy (non-hydrogen) atoms. The summed E-state index contributed by atoms with van der Waals surface area (Å²) in [7, 11) is 1.79. The molecular formula is C5H11N3S. The van der Waals surface area contributed by atoms with E-state index >= 15 is 0 Å². The molecule has 52 valence electrons. The van der Waals surface area contributed by atoms with Gasteiger partial charge in [-0.25, -0.2) is 5.43 Å². The number of hydrogen-bond donors (Lipinski definition) is 3. The van der Waals surface area contributed by atoms with E-state index in [-0.39, 0.29) is 0 Å². The van der Waals surface area contributed by atoms with Crippen LogP contribution in [0.1, 0.15) is 12.8 Å². The zero-order chi connectivity index (χ0) is 6.69. The van der Waals surface area contributed by atoms with Gasteiger partial charge < -0.3 is 5.32 Å². The van der Waals surface area contributed by atoms with Crippen LogP contribution in [0.4, 0.5) is 0 Å². The summed E-state index contributed by atoms with van der Waals surface area (Å²) in [5, 5.41) is 3.81. The lowest BCUT2D eigenvalue weighted by molar-refractivity contribution is 0.736. The Bertz CT molecular complexity index is 111. The van der Waals surface area contributed by atoms with Crippen molar-refractivity contribution in [3.8, 4) is 0 Å². The van der Waals surface area contributed by atoms with Crippen molar-refractivity contribution in [1.82, 2.24) is 16.2 Å². The average Bonchev–Trinajstić information content (AvgIpc) is 2.50. The van der Waals surface area contributed by atoms with Crippen LogP contribution >= 0.6 is 12.2 Å². The Morgan fingerprint density at radius 1 is 1.56 bits per heavy atom. The number of rotatable bonds is 2. The maximum Gasteiger partial charge on any atom is 0.181 e. The standard InChI is InChI=1S/C5H11N3S/c1-6-8-5(9)7-4-2-3-4/h4,6H,2-3H2,1H3,(H2,7,8,9). The molecule has 0 heterocycles. The first-order valence-electron chi connectivity index (χ1n) is 3.06. The SMILES string of the molecule is CNNC(=S)NC1CC1. The lowest BCUT2D eigenvalue weighted by Crippen LogP contribution is -2.42. The summed E-state index contributed by atoms with van der Waals surface area (Å²) in [5.74, 6) is 0. The molecule has 0 bridgehead atoms. The molecule has 0 atom stereocenters. The minimum absolute atomic E-state index is 0.637. The Morgan fingerprint density at radius 3 is 2.67 bits per heavy atom. The van der Waals surface area contributed by atoms with Crippen molar-refractivity contribution in [1.29, 1.82) is 0 Å². The highest BCUT2D eigenvalue weighted by molar-refractivity contribution is 7.80. The van der Waals surface area contributed by atoms with E-state index in [1.54, 1.807) is 7.05 Å². The summed E-state index contributed by atoms with van der Waals surface area (Å²) in [5.41, 5.74) is 5.53. The summed E-state index contributed by atoms with van der Waals surface area (Å²) in [4.78, 5) is 0. The second-order valence-electron chi connectivity index (χ2n) is 2.12. The van der Waals surface area contributed by atoms with E-state index in [1.807, 2.05) is 0 Å². The quantitative estimate of drug-likeness (QED) is 0.370. The first-order valence-corrected chi connectivity index (χ1v) is 3.47. The molecule has 0 saturated heterocycles. The smallest absolute Gasteiger partial charge is 0.181 e. The van der Waals surface area contributed by atoms with Crippen molar-refractivity contribution < 1.29 is 0 Å². The predicted molar refractivity (Wildman–Crippen MR) is 41.0 cm³/mol. The van der Waals surface area contributed by atoms with E-state index in [9.17, 15) is 0 Å². The Labute approximate surface area is 60.2 Å². The molecule has 0 radical (unpaired) electrons. The fourth-order valence-corrected chi connectivity index (χ4v) is 0.831. The first-order chi connectivity index (χ1) is 4.33. The van der Waals surface area contributed by atoms with Crippen molar-refractivity contribution in [2.75, 3.05) is 7.05 Å². The molecular weight excluding hydrogens is 134 g/mol. The van der Waals surface area contributed by atoms with Crippen LogP contribution in [-0.2, 0) is 0 Å². The second kappa shape index (κ2) is 2.98. The predicted octanol–water partition coefficient (Wildman–Crippen LogP) is -0.253. The summed E-state index contributed by atoms with van der Waals surface area (Å²) in [6.07, 6.45) is 2.51. The molecule has 4 heteroatoms. The van der Waals surface area contributed by atoms with E-state index in [1.165, 1.54) is 12.8 Å². The molecule has 3 nitrogen and oxygen atoms in total. The molecule has 0 aromatic rings. The van der Waals surface area contributed by atoms with Gasteiger partial charge in [-0.15, -0.1) is 0 Å². The highest BCUT2D eigenvalue weighted by atomic mass is 32.1. The van der Waals surface area contributed by atoms with Crippen LogP contribution in [-0.4, -0.2) is 18.2 Å². The van der Waals surface area contributed by atoms with Gasteiger partial charge in [0.25, 0.3) is 0 Å². The summed E-state index contributed by atoms with van der Waals surface area (Å²) in [6, 6.07) is 0.637. The van der Waals surface area contributed by atoms with Crippen molar-refractivity contribution >= 4 is 17.3 Å². The van der Waals surface area contributed by atoms with Crippen LogP contribution < -0.4 is 16.2 Å². The molecule has 0 aromatic carbocycles. The van der Waals surface area contributed by atoms with Crippen LogP contribution in [0.5, 0.6) is 0 Å². The molecule has 1 rings (SSSR count). The van der Waals surface area contributed by atoms with Crippen LogP contribution in [0.25, 0.3) is 0 Å². The van der Waals surface area contributed by atoms with Crippen molar-refractivity contribution in [3.05, 3.63) is 0 Å². The molecule has 1 aliphatic rings. The molecule has 0 unspecified atom stereocenters. The van der Waals surface area contributed by atoms with Crippen LogP contribution in [0, 0.1) is 0 Å². The monoisotopic (exact) mass is 145 g/mol. The summed E-state index contributed by atoms with van der Waals surface area (Å²) >= 11 is 4.88. The molecule has 1 aliphatic carbocycles. The van der Waals surface area contributed by atoms with Gasteiger partial charge in [0, 0.05) is 13.1 Å². The van der Waals surface area contributed by atoms with Gasteiger partial charge in [0.1, 0.15) is 0 Å². The fourth-order valence-electron chi connectivity index (χ4n) is 0.563. The molecule has 0 spiro atoms. The normalized spacial score (nSPS) is 17.0. The summed E-state index contributed by atoms with van der Waals surface area (Å²) in [6.45, 7) is 0. The minimum atomic E-state index is 0.637. The second-order valence-corrected chi connectivity index (χ2v) is 2.53. The van der Waals surface area contributed by atoms with Gasteiger partial charge in [0.15, 0.2) is 5.11 Å². The van der Waals surface area contributed by atoms with Crippen LogP contribution in [0.15, 0.2) is 0 Å². The highest BCUT2D eigenvalue weighted by Crippen LogP contribution is 2.17. The Morgan fingerprint density at radius 2 is 2.22 bits per heavy atom. The van der Waals surface area contributed by atoms with Gasteiger partial charge in [-0.3, -0.25) is 5.43 Å². The number of nitrogens with one attached hydrogen (secondary N) is 3. The van der Waals surface area contributed by atoms with Crippen molar-refractivity contribution in [3.63, 3.8) is 0 Å². The van der Waals surface area contributed by atoms with E-state index in [0.717, 1.165) is 0 Å².